The summed E-state index contributed by atoms with van der Waals surface area (Å²) in [5.74, 6) is 0.969. The first-order chi connectivity index (χ1) is 7.75. The number of carbonyl (C=O) groups is 1. The van der Waals surface area contributed by atoms with Crippen molar-refractivity contribution in [2.24, 2.45) is 5.92 Å². The maximum Gasteiger partial charge on any atom is 0.172 e. The summed E-state index contributed by atoms with van der Waals surface area (Å²) in [5, 5.41) is 3.34. The fourth-order valence-corrected chi connectivity index (χ4v) is 3.10. The van der Waals surface area contributed by atoms with E-state index in [9.17, 15) is 4.79 Å². The fraction of sp³-hybridized carbons (Fsp3) is 0.583. The molecule has 0 unspecified atom stereocenters. The zero-order valence-electron chi connectivity index (χ0n) is 9.17. The van der Waals surface area contributed by atoms with Gasteiger partial charge in [-0.05, 0) is 50.4 Å². The van der Waals surface area contributed by atoms with Crippen LogP contribution in [-0.2, 0) is 0 Å². The van der Waals surface area contributed by atoms with Crippen LogP contribution in [0.5, 0.6) is 0 Å². The van der Waals surface area contributed by atoms with E-state index < -0.39 is 0 Å². The van der Waals surface area contributed by atoms with Crippen LogP contribution in [0.1, 0.15) is 35.4 Å². The fourth-order valence-electron chi connectivity index (χ4n) is 2.09. The van der Waals surface area contributed by atoms with Crippen molar-refractivity contribution >= 4 is 28.7 Å². The molecular weight excluding hydrogens is 242 g/mol. The molecule has 2 nitrogen and oxygen atoms in total. The Kier molecular flexibility index (Phi) is 4.38. The summed E-state index contributed by atoms with van der Waals surface area (Å²) in [6.07, 6.45) is 4.11. The first-order valence-corrected chi connectivity index (χ1v) is 6.94. The number of carbonyl (C=O) groups excluding carboxylic acids is 1. The van der Waals surface area contributed by atoms with Gasteiger partial charge in [0.05, 0.1) is 9.21 Å². The second-order valence-electron chi connectivity index (χ2n) is 4.26. The van der Waals surface area contributed by atoms with Crippen LogP contribution in [0.15, 0.2) is 12.1 Å². The van der Waals surface area contributed by atoms with E-state index in [0.717, 1.165) is 30.3 Å². The molecule has 4 heteroatoms. The molecule has 0 aromatic carbocycles. The minimum atomic E-state index is 0.246. The number of hydrogen-bond acceptors (Lipinski definition) is 3. The molecule has 1 saturated heterocycles. The molecule has 1 N–H and O–H groups in total. The highest BCUT2D eigenvalue weighted by Crippen LogP contribution is 2.25. The van der Waals surface area contributed by atoms with Gasteiger partial charge in [0.25, 0.3) is 0 Å². The third-order valence-electron chi connectivity index (χ3n) is 3.09. The molecule has 1 aromatic rings. The summed E-state index contributed by atoms with van der Waals surface area (Å²) in [4.78, 5) is 12.6. The number of piperidine rings is 1. The average Bonchev–Trinajstić information content (AvgIpc) is 2.74. The Labute approximate surface area is 105 Å². The van der Waals surface area contributed by atoms with Crippen molar-refractivity contribution in [2.45, 2.75) is 25.7 Å². The summed E-state index contributed by atoms with van der Waals surface area (Å²) in [6.45, 7) is 2.20. The molecule has 2 rings (SSSR count). The Balaban J connectivity index is 1.79. The van der Waals surface area contributed by atoms with Gasteiger partial charge in [0.15, 0.2) is 5.78 Å². The highest BCUT2D eigenvalue weighted by atomic mass is 35.5. The SMILES string of the molecule is O=C(CCC1CCNCC1)c1ccc(Cl)s1. The summed E-state index contributed by atoms with van der Waals surface area (Å²) in [6, 6.07) is 3.63. The van der Waals surface area contributed by atoms with Crippen molar-refractivity contribution in [3.63, 3.8) is 0 Å². The van der Waals surface area contributed by atoms with Gasteiger partial charge in [-0.15, -0.1) is 11.3 Å². The topological polar surface area (TPSA) is 29.1 Å². The van der Waals surface area contributed by atoms with E-state index in [2.05, 4.69) is 5.32 Å². The minimum Gasteiger partial charge on any atom is -0.317 e. The summed E-state index contributed by atoms with van der Waals surface area (Å²) >= 11 is 7.20. The van der Waals surface area contributed by atoms with E-state index in [1.807, 2.05) is 6.07 Å². The molecule has 0 aliphatic carbocycles. The number of halogens is 1. The molecule has 1 aliphatic heterocycles. The van der Waals surface area contributed by atoms with Gasteiger partial charge in [0, 0.05) is 6.42 Å². The third-order valence-corrected chi connectivity index (χ3v) is 4.36. The number of ketones is 1. The predicted molar refractivity (Wildman–Crippen MR) is 68.5 cm³/mol. The van der Waals surface area contributed by atoms with Gasteiger partial charge in [0.2, 0.25) is 0 Å². The third kappa shape index (κ3) is 3.30. The lowest BCUT2D eigenvalue weighted by Gasteiger charge is -2.21. The van der Waals surface area contributed by atoms with E-state index in [1.54, 1.807) is 6.07 Å². The summed E-state index contributed by atoms with van der Waals surface area (Å²) in [5.41, 5.74) is 0. The second-order valence-corrected chi connectivity index (χ2v) is 5.97. The summed E-state index contributed by atoms with van der Waals surface area (Å²) in [7, 11) is 0. The highest BCUT2D eigenvalue weighted by Gasteiger charge is 2.15. The lowest BCUT2D eigenvalue weighted by Crippen LogP contribution is -2.27. The molecule has 0 amide bonds. The molecule has 1 fully saturated rings. The van der Waals surface area contributed by atoms with Crippen molar-refractivity contribution in [1.82, 2.24) is 5.32 Å². The maximum absolute atomic E-state index is 11.8. The Hall–Kier alpha value is -0.380. The van der Waals surface area contributed by atoms with Crippen LogP contribution < -0.4 is 5.32 Å². The maximum atomic E-state index is 11.8. The van der Waals surface area contributed by atoms with Gasteiger partial charge >= 0.3 is 0 Å². The quantitative estimate of drug-likeness (QED) is 0.838. The molecule has 16 heavy (non-hydrogen) atoms. The molecule has 0 atom stereocenters. The van der Waals surface area contributed by atoms with Crippen LogP contribution in [-0.4, -0.2) is 18.9 Å². The van der Waals surface area contributed by atoms with Gasteiger partial charge < -0.3 is 5.32 Å². The molecular formula is C12H16ClNOS. The van der Waals surface area contributed by atoms with Gasteiger partial charge in [0.1, 0.15) is 0 Å². The zero-order valence-corrected chi connectivity index (χ0v) is 10.7. The molecule has 0 radical (unpaired) electrons. The van der Waals surface area contributed by atoms with Crippen molar-refractivity contribution in [2.75, 3.05) is 13.1 Å². The monoisotopic (exact) mass is 257 g/mol. The van der Waals surface area contributed by atoms with Crippen molar-refractivity contribution in [3.8, 4) is 0 Å². The first kappa shape index (κ1) is 12.1. The molecule has 1 aromatic heterocycles. The van der Waals surface area contributed by atoms with Crippen LogP contribution in [0.4, 0.5) is 0 Å². The van der Waals surface area contributed by atoms with E-state index in [4.69, 9.17) is 11.6 Å². The number of hydrogen-bond donors (Lipinski definition) is 1. The standard InChI is InChI=1S/C12H16ClNOS/c13-12-4-3-11(16-12)10(15)2-1-9-5-7-14-8-6-9/h3-4,9,14H,1-2,5-8H2. The lowest BCUT2D eigenvalue weighted by molar-refractivity contribution is 0.0974. The first-order valence-electron chi connectivity index (χ1n) is 5.75. The highest BCUT2D eigenvalue weighted by molar-refractivity contribution is 7.18. The smallest absolute Gasteiger partial charge is 0.172 e. The number of thiophene rings is 1. The predicted octanol–water partition coefficient (Wildman–Crippen LogP) is 3.36. The Bertz CT molecular complexity index is 358. The molecule has 0 bridgehead atoms. The number of nitrogens with one attached hydrogen (secondary N) is 1. The Morgan fingerprint density at radius 1 is 1.44 bits per heavy atom. The van der Waals surface area contributed by atoms with Gasteiger partial charge in [-0.25, -0.2) is 0 Å². The van der Waals surface area contributed by atoms with Gasteiger partial charge in [-0.1, -0.05) is 11.6 Å². The molecule has 88 valence electrons. The number of Topliss-reactive ketones (excluding diaryl/α,β-unsaturated/α-hetero) is 1. The largest absolute Gasteiger partial charge is 0.317 e. The Morgan fingerprint density at radius 3 is 2.81 bits per heavy atom. The zero-order chi connectivity index (χ0) is 11.4. The summed E-state index contributed by atoms with van der Waals surface area (Å²) < 4.78 is 0.699. The van der Waals surface area contributed by atoms with Crippen molar-refractivity contribution < 1.29 is 4.79 Å². The Morgan fingerprint density at radius 2 is 2.19 bits per heavy atom. The molecule has 2 heterocycles. The van der Waals surface area contributed by atoms with Gasteiger partial charge in [-0.3, -0.25) is 4.79 Å². The normalized spacial score (nSPS) is 17.6. The van der Waals surface area contributed by atoms with Crippen LogP contribution >= 0.6 is 22.9 Å². The van der Waals surface area contributed by atoms with Crippen LogP contribution in [0.3, 0.4) is 0 Å². The van der Waals surface area contributed by atoms with E-state index in [1.165, 1.54) is 24.2 Å². The van der Waals surface area contributed by atoms with Crippen molar-refractivity contribution in [3.05, 3.63) is 21.3 Å². The van der Waals surface area contributed by atoms with Crippen LogP contribution in [0, 0.1) is 5.92 Å². The van der Waals surface area contributed by atoms with Crippen LogP contribution in [0.25, 0.3) is 0 Å². The van der Waals surface area contributed by atoms with E-state index in [-0.39, 0.29) is 5.78 Å². The van der Waals surface area contributed by atoms with Crippen LogP contribution in [0.2, 0.25) is 4.34 Å². The van der Waals surface area contributed by atoms with Crippen molar-refractivity contribution in [1.29, 1.82) is 0 Å². The lowest BCUT2D eigenvalue weighted by atomic mass is 9.92. The molecule has 0 saturated carbocycles. The van der Waals surface area contributed by atoms with Gasteiger partial charge in [-0.2, -0.15) is 0 Å². The second kappa shape index (κ2) is 5.80. The molecule has 1 aliphatic rings. The van der Waals surface area contributed by atoms with E-state index >= 15 is 0 Å². The molecule has 0 spiro atoms. The average molecular weight is 258 g/mol. The van der Waals surface area contributed by atoms with E-state index in [0.29, 0.717) is 10.8 Å². The minimum absolute atomic E-state index is 0.246. The number of rotatable bonds is 4.